The van der Waals surface area contributed by atoms with Crippen molar-refractivity contribution < 1.29 is 14.3 Å². The molecular formula is C26H38N4O3. The lowest BCUT2D eigenvalue weighted by atomic mass is 9.93. The molecule has 180 valence electrons. The van der Waals surface area contributed by atoms with Crippen molar-refractivity contribution in [1.82, 2.24) is 20.1 Å². The van der Waals surface area contributed by atoms with Gasteiger partial charge >= 0.3 is 0 Å². The molecule has 0 spiro atoms. The summed E-state index contributed by atoms with van der Waals surface area (Å²) < 4.78 is 7.52. The molecule has 0 bridgehead atoms. The predicted octanol–water partition coefficient (Wildman–Crippen LogP) is 2.92. The van der Waals surface area contributed by atoms with E-state index in [0.29, 0.717) is 25.6 Å². The molecule has 1 aromatic carbocycles. The third-order valence-electron chi connectivity index (χ3n) is 6.80. The Morgan fingerprint density at radius 1 is 1.24 bits per heavy atom. The highest BCUT2D eigenvalue weighted by atomic mass is 16.5. The van der Waals surface area contributed by atoms with Crippen molar-refractivity contribution in [1.29, 1.82) is 0 Å². The molecule has 1 saturated heterocycles. The fourth-order valence-electron chi connectivity index (χ4n) is 4.81. The molecule has 1 aliphatic carbocycles. The van der Waals surface area contributed by atoms with Gasteiger partial charge in [0.2, 0.25) is 11.8 Å². The first kappa shape index (κ1) is 23.8. The lowest BCUT2D eigenvalue weighted by Gasteiger charge is -2.34. The summed E-state index contributed by atoms with van der Waals surface area (Å²) in [5.74, 6) is 0.108. The van der Waals surface area contributed by atoms with Crippen molar-refractivity contribution >= 4 is 22.7 Å². The first-order valence-electron chi connectivity index (χ1n) is 12.3. The summed E-state index contributed by atoms with van der Waals surface area (Å²) in [6.45, 7) is 7.47. The van der Waals surface area contributed by atoms with Crippen molar-refractivity contribution in [2.75, 3.05) is 26.8 Å². The van der Waals surface area contributed by atoms with Crippen molar-refractivity contribution in [2.24, 2.45) is 11.8 Å². The first-order valence-corrected chi connectivity index (χ1v) is 12.3. The van der Waals surface area contributed by atoms with Crippen molar-refractivity contribution in [3.8, 4) is 0 Å². The summed E-state index contributed by atoms with van der Waals surface area (Å²) in [6.07, 6.45) is 6.02. The van der Waals surface area contributed by atoms with Gasteiger partial charge in [0, 0.05) is 75.0 Å². The number of nitrogens with one attached hydrogen (secondary N) is 2. The van der Waals surface area contributed by atoms with E-state index in [9.17, 15) is 9.59 Å². The molecule has 7 heteroatoms. The number of aryl methyl sites for hydroxylation is 1. The second-order valence-electron chi connectivity index (χ2n) is 9.86. The average molecular weight is 455 g/mol. The molecule has 2 atom stereocenters. The highest BCUT2D eigenvalue weighted by Crippen LogP contribution is 2.33. The van der Waals surface area contributed by atoms with E-state index in [1.165, 1.54) is 16.5 Å². The van der Waals surface area contributed by atoms with Crippen LogP contribution in [0.15, 0.2) is 30.5 Å². The molecule has 2 fully saturated rings. The lowest BCUT2D eigenvalue weighted by molar-refractivity contribution is -0.138. The molecule has 2 aromatic rings. The third-order valence-corrected chi connectivity index (χ3v) is 6.80. The Bertz CT molecular complexity index is 966. The van der Waals surface area contributed by atoms with Gasteiger partial charge in [-0.25, -0.2) is 0 Å². The molecule has 2 amide bonds. The predicted molar refractivity (Wildman–Crippen MR) is 130 cm³/mol. The minimum Gasteiger partial charge on any atom is -0.385 e. The van der Waals surface area contributed by atoms with Gasteiger partial charge in [0.15, 0.2) is 0 Å². The second-order valence-corrected chi connectivity index (χ2v) is 9.86. The zero-order chi connectivity index (χ0) is 23.4. The Labute approximate surface area is 196 Å². The molecule has 1 saturated carbocycles. The van der Waals surface area contributed by atoms with E-state index in [4.69, 9.17) is 4.74 Å². The van der Waals surface area contributed by atoms with E-state index < -0.39 is 0 Å². The molecule has 4 rings (SSSR count). The number of rotatable bonds is 10. The number of amides is 2. The summed E-state index contributed by atoms with van der Waals surface area (Å²) in [5, 5.41) is 7.69. The van der Waals surface area contributed by atoms with Crippen LogP contribution in [-0.2, 0) is 27.4 Å². The Morgan fingerprint density at radius 2 is 2.03 bits per heavy atom. The van der Waals surface area contributed by atoms with Crippen molar-refractivity contribution in [3.63, 3.8) is 0 Å². The molecular weight excluding hydrogens is 416 g/mol. The Balaban J connectivity index is 1.49. The summed E-state index contributed by atoms with van der Waals surface area (Å²) in [6, 6.07) is 8.79. The van der Waals surface area contributed by atoms with Gasteiger partial charge in [-0.1, -0.05) is 32.0 Å². The van der Waals surface area contributed by atoms with E-state index in [1.54, 1.807) is 7.11 Å². The van der Waals surface area contributed by atoms with Crippen LogP contribution in [0, 0.1) is 11.8 Å². The Kier molecular flexibility index (Phi) is 7.71. The molecule has 1 aliphatic heterocycles. The number of benzene rings is 1. The summed E-state index contributed by atoms with van der Waals surface area (Å²) in [4.78, 5) is 27.9. The smallest absolute Gasteiger partial charge is 0.227 e. The number of carbonyl (C=O) groups is 2. The molecule has 2 heterocycles. The largest absolute Gasteiger partial charge is 0.385 e. The molecule has 33 heavy (non-hydrogen) atoms. The molecule has 2 aliphatic rings. The number of ether oxygens (including phenoxy) is 1. The molecule has 0 radical (unpaired) electrons. The van der Waals surface area contributed by atoms with Gasteiger partial charge in [0.25, 0.3) is 0 Å². The van der Waals surface area contributed by atoms with Gasteiger partial charge < -0.3 is 24.8 Å². The van der Waals surface area contributed by atoms with Crippen LogP contribution < -0.4 is 10.6 Å². The third kappa shape index (κ3) is 5.76. The maximum absolute atomic E-state index is 13.7. The van der Waals surface area contributed by atoms with Crippen LogP contribution in [0.1, 0.15) is 45.1 Å². The van der Waals surface area contributed by atoms with Gasteiger partial charge in [-0.2, -0.15) is 0 Å². The van der Waals surface area contributed by atoms with Crippen LogP contribution in [0.25, 0.3) is 10.9 Å². The van der Waals surface area contributed by atoms with Gasteiger partial charge in [0.1, 0.15) is 0 Å². The first-order chi connectivity index (χ1) is 16.0. The van der Waals surface area contributed by atoms with Gasteiger partial charge in [0.05, 0.1) is 5.92 Å². The lowest BCUT2D eigenvalue weighted by Crippen LogP contribution is -2.53. The molecule has 7 nitrogen and oxygen atoms in total. The van der Waals surface area contributed by atoms with Gasteiger partial charge in [-0.3, -0.25) is 9.59 Å². The minimum atomic E-state index is -0.105. The normalized spacial score (nSPS) is 20.8. The standard InChI is InChI=1S/C26H38N4O3/c1-18(2)25(31)28-21-13-19(14-27-15-21)26(32)30(22-9-10-22)17-20-16-29(11-6-12-33-3)24-8-5-4-7-23(20)24/h4-5,7-8,16,18-19,21-22,27H,6,9-15,17H2,1-3H3,(H,28,31)/t19-,21+/m0/s1. The maximum Gasteiger partial charge on any atom is 0.227 e. The zero-order valence-electron chi connectivity index (χ0n) is 20.2. The van der Waals surface area contributed by atoms with E-state index in [-0.39, 0.29) is 29.7 Å². The summed E-state index contributed by atoms with van der Waals surface area (Å²) in [5.41, 5.74) is 2.42. The average Bonchev–Trinajstić information content (AvgIpc) is 3.60. The molecule has 0 unspecified atom stereocenters. The quantitative estimate of drug-likeness (QED) is 0.542. The number of methoxy groups -OCH3 is 1. The number of carbonyl (C=O) groups excluding carboxylic acids is 2. The van der Waals surface area contributed by atoms with Crippen LogP contribution in [0.5, 0.6) is 0 Å². The number of hydrogen-bond donors (Lipinski definition) is 2. The highest BCUT2D eigenvalue weighted by Gasteiger charge is 2.38. The molecule has 1 aromatic heterocycles. The number of piperidine rings is 1. The summed E-state index contributed by atoms with van der Waals surface area (Å²) >= 11 is 0. The minimum absolute atomic E-state index is 0.00588. The van der Waals surface area contributed by atoms with Crippen LogP contribution in [0.2, 0.25) is 0 Å². The van der Waals surface area contributed by atoms with E-state index >= 15 is 0 Å². The number of fused-ring (bicyclic) bond motifs is 1. The van der Waals surface area contributed by atoms with Crippen LogP contribution in [0.4, 0.5) is 0 Å². The van der Waals surface area contributed by atoms with E-state index in [0.717, 1.165) is 39.0 Å². The number of nitrogens with zero attached hydrogens (tertiary/aromatic N) is 2. The second kappa shape index (κ2) is 10.7. The van der Waals surface area contributed by atoms with Crippen molar-refractivity contribution in [3.05, 3.63) is 36.0 Å². The highest BCUT2D eigenvalue weighted by molar-refractivity contribution is 5.85. The van der Waals surface area contributed by atoms with Crippen LogP contribution in [-0.4, -0.2) is 60.2 Å². The van der Waals surface area contributed by atoms with Crippen LogP contribution >= 0.6 is 0 Å². The van der Waals surface area contributed by atoms with Gasteiger partial charge in [-0.05, 0) is 37.3 Å². The van der Waals surface area contributed by atoms with E-state index in [2.05, 4.69) is 50.6 Å². The maximum atomic E-state index is 13.7. The number of aromatic nitrogens is 1. The van der Waals surface area contributed by atoms with Gasteiger partial charge in [-0.15, -0.1) is 0 Å². The fraction of sp³-hybridized carbons (Fsp3) is 0.615. The number of hydrogen-bond acceptors (Lipinski definition) is 4. The zero-order valence-corrected chi connectivity index (χ0v) is 20.2. The Morgan fingerprint density at radius 3 is 2.76 bits per heavy atom. The monoisotopic (exact) mass is 454 g/mol. The van der Waals surface area contributed by atoms with E-state index in [1.807, 2.05) is 13.8 Å². The van der Waals surface area contributed by atoms with Crippen molar-refractivity contribution in [2.45, 2.75) is 64.7 Å². The fourth-order valence-corrected chi connectivity index (χ4v) is 4.81. The topological polar surface area (TPSA) is 75.6 Å². The SMILES string of the molecule is COCCCn1cc(CN(C(=O)[C@@H]2CNC[C@H](NC(=O)C(C)C)C2)C2CC2)c2ccccc21. The Hall–Kier alpha value is -2.38. The molecule has 2 N–H and O–H groups in total. The van der Waals surface area contributed by atoms with Crippen LogP contribution in [0.3, 0.4) is 0 Å². The summed E-state index contributed by atoms with van der Waals surface area (Å²) in [7, 11) is 1.73. The number of para-hydroxylation sites is 1.